The first-order valence-corrected chi connectivity index (χ1v) is 9.94. The van der Waals surface area contributed by atoms with Crippen LogP contribution < -0.4 is 10.6 Å². The van der Waals surface area contributed by atoms with Gasteiger partial charge in [-0.1, -0.05) is 6.07 Å². The molecule has 1 amide bonds. The van der Waals surface area contributed by atoms with E-state index in [0.29, 0.717) is 5.69 Å². The number of benzene rings is 2. The molecule has 2 heterocycles. The summed E-state index contributed by atoms with van der Waals surface area (Å²) in [6, 6.07) is 7.75. The topological polar surface area (TPSA) is 72.0 Å². The third-order valence-electron chi connectivity index (χ3n) is 5.17. The van der Waals surface area contributed by atoms with Crippen molar-refractivity contribution in [1.82, 2.24) is 0 Å². The maximum Gasteiger partial charge on any atom is 0.418 e. The van der Waals surface area contributed by atoms with Crippen molar-refractivity contribution in [2.75, 3.05) is 23.8 Å². The Hall–Kier alpha value is -2.98. The molecule has 32 heavy (non-hydrogen) atoms. The SMILES string of the molecule is CC1(C)OCC(CNc2ccc(N=CC3C(=O)Nc4cccc(F)c43)cc2C(F)(F)F)O1. The maximum atomic E-state index is 14.1. The molecule has 1 fully saturated rings. The predicted octanol–water partition coefficient (Wildman–Crippen LogP) is 4.85. The van der Waals surface area contributed by atoms with Gasteiger partial charge in [0.2, 0.25) is 5.91 Å². The molecule has 0 saturated carbocycles. The normalized spacial score (nSPS) is 22.2. The highest BCUT2D eigenvalue weighted by molar-refractivity contribution is 6.12. The molecule has 2 aromatic carbocycles. The molecule has 0 radical (unpaired) electrons. The summed E-state index contributed by atoms with van der Waals surface area (Å²) in [5, 5.41) is 5.30. The minimum atomic E-state index is -4.64. The van der Waals surface area contributed by atoms with Crippen LogP contribution in [-0.2, 0) is 20.4 Å². The second-order valence-corrected chi connectivity index (χ2v) is 8.01. The van der Waals surface area contributed by atoms with Crippen molar-refractivity contribution in [3.63, 3.8) is 0 Å². The molecular weight excluding hydrogens is 430 g/mol. The van der Waals surface area contributed by atoms with Crippen LogP contribution in [0, 0.1) is 5.82 Å². The molecule has 170 valence electrons. The van der Waals surface area contributed by atoms with Crippen molar-refractivity contribution in [2.24, 2.45) is 4.99 Å². The molecule has 2 unspecified atom stereocenters. The predicted molar refractivity (Wildman–Crippen MR) is 111 cm³/mol. The third kappa shape index (κ3) is 4.61. The number of amides is 1. The average molecular weight is 451 g/mol. The molecule has 2 aliphatic heterocycles. The fraction of sp³-hybridized carbons (Fsp3) is 0.364. The lowest BCUT2D eigenvalue weighted by Gasteiger charge is -2.19. The largest absolute Gasteiger partial charge is 0.418 e. The Balaban J connectivity index is 1.54. The Morgan fingerprint density at radius 3 is 2.75 bits per heavy atom. The number of halogens is 4. The minimum Gasteiger partial charge on any atom is -0.382 e. The van der Waals surface area contributed by atoms with Gasteiger partial charge in [-0.15, -0.1) is 0 Å². The van der Waals surface area contributed by atoms with E-state index in [1.807, 2.05) is 0 Å². The van der Waals surface area contributed by atoms with Crippen LogP contribution in [0.5, 0.6) is 0 Å². The summed E-state index contributed by atoms with van der Waals surface area (Å²) in [6.45, 7) is 3.87. The van der Waals surface area contributed by atoms with Gasteiger partial charge in [0.25, 0.3) is 0 Å². The lowest BCUT2D eigenvalue weighted by atomic mass is 10.0. The number of ether oxygens (including phenoxy) is 2. The number of anilines is 2. The van der Waals surface area contributed by atoms with Crippen molar-refractivity contribution in [1.29, 1.82) is 0 Å². The van der Waals surface area contributed by atoms with Crippen LogP contribution in [0.1, 0.15) is 30.9 Å². The summed E-state index contributed by atoms with van der Waals surface area (Å²) < 4.78 is 66.1. The zero-order valence-electron chi connectivity index (χ0n) is 17.3. The number of nitrogens with one attached hydrogen (secondary N) is 2. The lowest BCUT2D eigenvalue weighted by molar-refractivity contribution is -0.138. The lowest BCUT2D eigenvalue weighted by Crippen LogP contribution is -2.26. The van der Waals surface area contributed by atoms with Crippen molar-refractivity contribution < 1.29 is 31.8 Å². The van der Waals surface area contributed by atoms with Gasteiger partial charge in [0, 0.05) is 29.7 Å². The van der Waals surface area contributed by atoms with E-state index >= 15 is 0 Å². The number of rotatable bonds is 5. The van der Waals surface area contributed by atoms with Crippen molar-refractivity contribution in [3.05, 3.63) is 53.3 Å². The van der Waals surface area contributed by atoms with Crippen molar-refractivity contribution >= 4 is 29.2 Å². The average Bonchev–Trinajstić information content (AvgIpc) is 3.23. The Bertz CT molecular complexity index is 1070. The van der Waals surface area contributed by atoms with E-state index in [4.69, 9.17) is 9.47 Å². The highest BCUT2D eigenvalue weighted by atomic mass is 19.4. The smallest absolute Gasteiger partial charge is 0.382 e. The first kappa shape index (κ1) is 22.2. The third-order valence-corrected chi connectivity index (χ3v) is 5.17. The Morgan fingerprint density at radius 2 is 2.06 bits per heavy atom. The fourth-order valence-electron chi connectivity index (χ4n) is 3.70. The van der Waals surface area contributed by atoms with Crippen molar-refractivity contribution in [3.8, 4) is 0 Å². The minimum absolute atomic E-state index is 0.0120. The zero-order valence-corrected chi connectivity index (χ0v) is 17.3. The Kier molecular flexibility index (Phi) is 5.68. The molecule has 0 bridgehead atoms. The van der Waals surface area contributed by atoms with Crippen LogP contribution in [0.2, 0.25) is 0 Å². The molecule has 0 aromatic heterocycles. The molecule has 2 aromatic rings. The van der Waals surface area contributed by atoms with Crippen molar-refractivity contribution in [2.45, 2.75) is 37.8 Å². The summed E-state index contributed by atoms with van der Waals surface area (Å²) in [7, 11) is 0. The van der Waals surface area contributed by atoms with Gasteiger partial charge in [0.1, 0.15) is 17.8 Å². The van der Waals surface area contributed by atoms with E-state index in [1.54, 1.807) is 19.9 Å². The van der Waals surface area contributed by atoms with E-state index in [2.05, 4.69) is 15.6 Å². The van der Waals surface area contributed by atoms with E-state index in [-0.39, 0.29) is 36.2 Å². The quantitative estimate of drug-likeness (QED) is 0.504. The number of carbonyl (C=O) groups excluding carboxylic acids is 1. The molecule has 6 nitrogen and oxygen atoms in total. The number of hydrogen-bond donors (Lipinski definition) is 2. The molecule has 0 spiro atoms. The molecular formula is C22H21F4N3O3. The number of alkyl halides is 3. The molecule has 2 aliphatic rings. The van der Waals surface area contributed by atoms with E-state index in [9.17, 15) is 22.4 Å². The first-order valence-electron chi connectivity index (χ1n) is 9.94. The van der Waals surface area contributed by atoms with Gasteiger partial charge in [-0.05, 0) is 44.2 Å². The van der Waals surface area contributed by atoms with Crippen LogP contribution in [0.25, 0.3) is 0 Å². The van der Waals surface area contributed by atoms with Crippen LogP contribution in [0.4, 0.5) is 34.6 Å². The Morgan fingerprint density at radius 1 is 1.28 bits per heavy atom. The molecule has 0 aliphatic carbocycles. The summed E-state index contributed by atoms with van der Waals surface area (Å²) in [4.78, 5) is 16.2. The van der Waals surface area contributed by atoms with E-state index in [1.165, 1.54) is 24.3 Å². The molecule has 4 rings (SSSR count). The van der Waals surface area contributed by atoms with Gasteiger partial charge in [-0.3, -0.25) is 9.79 Å². The fourth-order valence-corrected chi connectivity index (χ4v) is 3.70. The van der Waals surface area contributed by atoms with Gasteiger partial charge < -0.3 is 20.1 Å². The number of hydrogen-bond acceptors (Lipinski definition) is 5. The number of aliphatic imine (C=N–C) groups is 1. The molecule has 10 heteroatoms. The maximum absolute atomic E-state index is 14.1. The number of nitrogens with zero attached hydrogens (tertiary/aromatic N) is 1. The first-order chi connectivity index (χ1) is 15.0. The summed E-state index contributed by atoms with van der Waals surface area (Å²) in [5.74, 6) is -2.89. The Labute approximate surface area is 181 Å². The van der Waals surface area contributed by atoms with Crippen LogP contribution in [0.3, 0.4) is 0 Å². The van der Waals surface area contributed by atoms with Gasteiger partial charge in [-0.2, -0.15) is 13.2 Å². The van der Waals surface area contributed by atoms with E-state index in [0.717, 1.165) is 12.3 Å². The second-order valence-electron chi connectivity index (χ2n) is 8.01. The molecule has 2 N–H and O–H groups in total. The van der Waals surface area contributed by atoms with Crippen LogP contribution in [0.15, 0.2) is 41.4 Å². The summed E-state index contributed by atoms with van der Waals surface area (Å²) >= 11 is 0. The molecule has 2 atom stereocenters. The highest BCUT2D eigenvalue weighted by Gasteiger charge is 2.36. The van der Waals surface area contributed by atoms with Crippen LogP contribution in [-0.4, -0.2) is 37.2 Å². The molecule has 1 saturated heterocycles. The van der Waals surface area contributed by atoms with Crippen LogP contribution >= 0.6 is 0 Å². The van der Waals surface area contributed by atoms with Gasteiger partial charge in [-0.25, -0.2) is 4.39 Å². The highest BCUT2D eigenvalue weighted by Crippen LogP contribution is 2.38. The zero-order chi connectivity index (χ0) is 23.1. The summed E-state index contributed by atoms with van der Waals surface area (Å²) in [5.41, 5.74) is -0.602. The van der Waals surface area contributed by atoms with Gasteiger partial charge in [0.15, 0.2) is 5.79 Å². The van der Waals surface area contributed by atoms with E-state index < -0.39 is 35.2 Å². The van der Waals surface area contributed by atoms with Gasteiger partial charge in [0.05, 0.1) is 17.9 Å². The second kappa shape index (κ2) is 8.18. The standard InChI is InChI=1S/C22H21F4N3O3/c1-21(2)31-11-13(32-21)9-28-17-7-6-12(8-15(17)22(24,25)26)27-10-14-19-16(23)4-3-5-18(19)29-20(14)30/h3-8,10,13-14,28H,9,11H2,1-2H3,(H,29,30). The van der Waals surface area contributed by atoms with Gasteiger partial charge >= 0.3 is 6.18 Å². The monoisotopic (exact) mass is 451 g/mol. The number of carbonyl (C=O) groups is 1. The number of fused-ring (bicyclic) bond motifs is 1. The summed E-state index contributed by atoms with van der Waals surface area (Å²) in [6.07, 6.45) is -3.87.